The van der Waals surface area contributed by atoms with Crippen LogP contribution < -0.4 is 0 Å². The van der Waals surface area contributed by atoms with Crippen LogP contribution in [0.4, 0.5) is 0 Å². The maximum Gasteiger partial charge on any atom is 0.0793 e. The van der Waals surface area contributed by atoms with Crippen molar-refractivity contribution in [1.29, 1.82) is 0 Å². The van der Waals surface area contributed by atoms with Gasteiger partial charge in [0.05, 0.1) is 22.2 Å². The minimum Gasteiger partial charge on any atom is -0.256 e. The highest BCUT2D eigenvalue weighted by Crippen LogP contribution is 2.69. The molecule has 66 heavy (non-hydrogen) atoms. The van der Waals surface area contributed by atoms with Gasteiger partial charge in [-0.25, -0.2) is 0 Å². The molecule has 2 aromatic heterocycles. The van der Waals surface area contributed by atoms with Crippen molar-refractivity contribution in [3.63, 3.8) is 0 Å². The van der Waals surface area contributed by atoms with Crippen LogP contribution in [-0.2, 0) is 10.8 Å². The Morgan fingerprint density at radius 3 is 0.970 bits per heavy atom. The first-order chi connectivity index (χ1) is 32.8. The summed E-state index contributed by atoms with van der Waals surface area (Å²) in [5, 5.41) is 9.52. The largest absolute Gasteiger partial charge is 0.256 e. The van der Waals surface area contributed by atoms with Crippen LogP contribution in [0.3, 0.4) is 0 Å². The standard InChI is InChI=1S/C64H40N2/c1-5-21-43(22-6-1)63(44-23-7-2-8-24-44)53-35-33-51-55-52(34-36-54(60(53)55)64(63,45-25-9-3-10-26-45)46-27-11-4-12-28-46)57-56(51)58(61-47-29-15-13-19-41(47)37-39-65-61)49-31-17-18-32-50(49)59(57)62-48-30-16-14-20-42(48)38-40-66-62/h1-40H. The van der Waals surface area contributed by atoms with Gasteiger partial charge in [-0.2, -0.15) is 0 Å². The molecule has 2 heteroatoms. The van der Waals surface area contributed by atoms with Crippen LogP contribution >= 0.6 is 0 Å². The highest BCUT2D eigenvalue weighted by molar-refractivity contribution is 6.30. The quantitative estimate of drug-likeness (QED) is 0.167. The Bertz CT molecular complexity index is 3570. The smallest absolute Gasteiger partial charge is 0.0793 e. The molecule has 0 spiro atoms. The fourth-order valence-electron chi connectivity index (χ4n) is 12.6. The third-order valence-electron chi connectivity index (χ3n) is 14.9. The predicted molar refractivity (Wildman–Crippen MR) is 273 cm³/mol. The van der Waals surface area contributed by atoms with E-state index in [0.717, 1.165) is 44.1 Å². The van der Waals surface area contributed by atoms with Crippen LogP contribution in [-0.4, -0.2) is 9.97 Å². The summed E-state index contributed by atoms with van der Waals surface area (Å²) in [5.41, 5.74) is 15.4. The predicted octanol–water partition coefficient (Wildman–Crippen LogP) is 15.8. The lowest BCUT2D eigenvalue weighted by Crippen LogP contribution is -2.49. The summed E-state index contributed by atoms with van der Waals surface area (Å²) in [6.45, 7) is 0. The van der Waals surface area contributed by atoms with Gasteiger partial charge in [-0.05, 0) is 89.0 Å². The Morgan fingerprint density at radius 1 is 0.258 bits per heavy atom. The van der Waals surface area contributed by atoms with Gasteiger partial charge in [0.2, 0.25) is 0 Å². The molecule has 306 valence electrons. The van der Waals surface area contributed by atoms with Gasteiger partial charge in [-0.15, -0.1) is 0 Å². The van der Waals surface area contributed by atoms with E-state index in [2.05, 4.69) is 231 Å². The highest BCUT2D eigenvalue weighted by atomic mass is 14.7. The van der Waals surface area contributed by atoms with E-state index >= 15 is 0 Å². The van der Waals surface area contributed by atoms with Crippen molar-refractivity contribution in [2.75, 3.05) is 0 Å². The van der Waals surface area contributed by atoms with Gasteiger partial charge < -0.3 is 0 Å². The Kier molecular flexibility index (Phi) is 7.85. The third-order valence-corrected chi connectivity index (χ3v) is 14.9. The minimum atomic E-state index is -0.683. The number of fused-ring (bicyclic) bond motifs is 6. The van der Waals surface area contributed by atoms with Gasteiger partial charge in [0, 0.05) is 45.4 Å². The lowest BCUT2D eigenvalue weighted by molar-refractivity contribution is 0.442. The van der Waals surface area contributed by atoms with Gasteiger partial charge >= 0.3 is 0 Å². The van der Waals surface area contributed by atoms with Crippen LogP contribution in [0.2, 0.25) is 0 Å². The molecular formula is C64H40N2. The maximum atomic E-state index is 5.32. The molecule has 0 amide bonds. The molecule has 0 N–H and O–H groups in total. The monoisotopic (exact) mass is 836 g/mol. The fraction of sp³-hybridized carbons (Fsp3) is 0.0312. The van der Waals surface area contributed by atoms with E-state index in [1.165, 1.54) is 77.2 Å². The zero-order valence-electron chi connectivity index (χ0n) is 36.0. The molecule has 2 aliphatic carbocycles. The average Bonchev–Trinajstić information content (AvgIpc) is 3.87. The Morgan fingerprint density at radius 2 is 0.591 bits per heavy atom. The van der Waals surface area contributed by atoms with Crippen LogP contribution in [0, 0.1) is 0 Å². The lowest BCUT2D eigenvalue weighted by atomic mass is 9.50. The maximum absolute atomic E-state index is 5.32. The normalized spacial score (nSPS) is 14.0. The lowest BCUT2D eigenvalue weighted by Gasteiger charge is -2.49. The molecule has 0 unspecified atom stereocenters. The van der Waals surface area contributed by atoms with E-state index in [1.807, 2.05) is 12.4 Å². The number of aromatic nitrogens is 2. The van der Waals surface area contributed by atoms with Crippen molar-refractivity contribution < 1.29 is 0 Å². The molecular weight excluding hydrogens is 797 g/mol. The fourth-order valence-corrected chi connectivity index (χ4v) is 12.6. The van der Waals surface area contributed by atoms with Crippen LogP contribution in [0.5, 0.6) is 0 Å². The molecule has 2 aliphatic rings. The summed E-state index contributed by atoms with van der Waals surface area (Å²) < 4.78 is 0. The van der Waals surface area contributed by atoms with E-state index < -0.39 is 10.8 Å². The van der Waals surface area contributed by atoms with Crippen molar-refractivity contribution in [2.24, 2.45) is 0 Å². The van der Waals surface area contributed by atoms with E-state index in [0.29, 0.717) is 0 Å². The molecule has 0 saturated heterocycles. The zero-order valence-corrected chi connectivity index (χ0v) is 36.0. The molecule has 14 rings (SSSR count). The Balaban J connectivity index is 1.23. The van der Waals surface area contributed by atoms with Crippen molar-refractivity contribution >= 4 is 43.1 Å². The van der Waals surface area contributed by atoms with E-state index in [-0.39, 0.29) is 0 Å². The van der Waals surface area contributed by atoms with Gasteiger partial charge in [-0.1, -0.05) is 218 Å². The topological polar surface area (TPSA) is 25.8 Å². The summed E-state index contributed by atoms with van der Waals surface area (Å²) in [4.78, 5) is 10.6. The van der Waals surface area contributed by atoms with Gasteiger partial charge in [-0.3, -0.25) is 9.97 Å². The first-order valence-corrected chi connectivity index (χ1v) is 22.9. The molecule has 12 aromatic rings. The summed E-state index contributed by atoms with van der Waals surface area (Å²) >= 11 is 0. The first-order valence-electron chi connectivity index (χ1n) is 22.9. The van der Waals surface area contributed by atoms with E-state index in [1.54, 1.807) is 0 Å². The second kappa shape index (κ2) is 14.0. The van der Waals surface area contributed by atoms with E-state index in [9.17, 15) is 0 Å². The molecule has 2 nitrogen and oxygen atoms in total. The molecule has 10 aromatic carbocycles. The van der Waals surface area contributed by atoms with Crippen molar-refractivity contribution in [2.45, 2.75) is 10.8 Å². The molecule has 0 saturated carbocycles. The number of pyridine rings is 2. The zero-order chi connectivity index (χ0) is 43.4. The SMILES string of the molecule is c1ccc(C2(c3ccccc3)c3ccc4c5c(ccc(c35)C2(c2ccccc2)c2ccccc2)-c2c-4c(-c3nccc4ccccc34)c3ccccc3c2-c2nccc3ccccc23)cc1. The third kappa shape index (κ3) is 4.70. The summed E-state index contributed by atoms with van der Waals surface area (Å²) in [7, 11) is 0. The van der Waals surface area contributed by atoms with Crippen molar-refractivity contribution in [1.82, 2.24) is 9.97 Å². The number of nitrogens with zero attached hydrogens (tertiary/aromatic N) is 2. The van der Waals surface area contributed by atoms with Gasteiger partial charge in [0.15, 0.2) is 0 Å². The first kappa shape index (κ1) is 37.0. The molecule has 0 bridgehead atoms. The Hall–Kier alpha value is -8.46. The number of hydrogen-bond acceptors (Lipinski definition) is 2. The number of rotatable bonds is 6. The van der Waals surface area contributed by atoms with E-state index in [4.69, 9.17) is 9.97 Å². The molecule has 2 heterocycles. The van der Waals surface area contributed by atoms with Crippen LogP contribution in [0.25, 0.3) is 87.9 Å². The van der Waals surface area contributed by atoms with Crippen LogP contribution in [0.1, 0.15) is 33.4 Å². The Labute approximate surface area is 383 Å². The number of benzene rings is 10. The number of hydrogen-bond donors (Lipinski definition) is 0. The van der Waals surface area contributed by atoms with Crippen LogP contribution in [0.15, 0.2) is 243 Å². The van der Waals surface area contributed by atoms with Gasteiger partial charge in [0.1, 0.15) is 0 Å². The average molecular weight is 837 g/mol. The molecule has 0 radical (unpaired) electrons. The second-order valence-corrected chi connectivity index (χ2v) is 17.8. The van der Waals surface area contributed by atoms with Crippen molar-refractivity contribution in [3.05, 3.63) is 276 Å². The minimum absolute atomic E-state index is 0.683. The molecule has 0 atom stereocenters. The second-order valence-electron chi connectivity index (χ2n) is 17.8. The summed E-state index contributed by atoms with van der Waals surface area (Å²) in [6, 6.07) is 85.6. The molecule has 0 fully saturated rings. The van der Waals surface area contributed by atoms with Gasteiger partial charge in [0.25, 0.3) is 0 Å². The van der Waals surface area contributed by atoms with Crippen molar-refractivity contribution in [3.8, 4) is 44.8 Å². The summed E-state index contributed by atoms with van der Waals surface area (Å²) in [5.74, 6) is 0. The highest BCUT2D eigenvalue weighted by Gasteiger charge is 2.63. The summed E-state index contributed by atoms with van der Waals surface area (Å²) in [6.07, 6.45) is 3.96. The molecule has 0 aliphatic heterocycles.